The van der Waals surface area contributed by atoms with E-state index < -0.39 is 0 Å². The van der Waals surface area contributed by atoms with Gasteiger partial charge in [0.25, 0.3) is 5.91 Å². The quantitative estimate of drug-likeness (QED) is 0.239. The standard InChI is InChI=1S/C30H32F2N2O2/c1-22-8-10-25(11-9-22)30(36)34-21-5-4-20-33-29(35)7-3-2-6-28(23-12-16-26(31)17-13-23)24-14-18-27(32)19-15-24/h4-5,8-19,28H,2-3,6-7,20-21H2,1H3,(H,33,35)(H,34,36)/b5-4+. The number of aryl methyl sites for hydroxylation is 1. The van der Waals surface area contributed by atoms with Crippen molar-refractivity contribution in [3.63, 3.8) is 0 Å². The van der Waals surface area contributed by atoms with Crippen LogP contribution in [0.25, 0.3) is 0 Å². The van der Waals surface area contributed by atoms with Gasteiger partial charge in [-0.2, -0.15) is 0 Å². The van der Waals surface area contributed by atoms with E-state index in [0.29, 0.717) is 31.5 Å². The van der Waals surface area contributed by atoms with Gasteiger partial charge in [0.15, 0.2) is 0 Å². The van der Waals surface area contributed by atoms with Crippen molar-refractivity contribution in [2.75, 3.05) is 13.1 Å². The van der Waals surface area contributed by atoms with Crippen molar-refractivity contribution >= 4 is 11.8 Å². The Morgan fingerprint density at radius 2 is 1.28 bits per heavy atom. The van der Waals surface area contributed by atoms with Gasteiger partial charge in [0.05, 0.1) is 0 Å². The SMILES string of the molecule is Cc1ccc(C(=O)NC/C=C/CNC(=O)CCCCC(c2ccc(F)cc2)c2ccc(F)cc2)cc1. The van der Waals surface area contributed by atoms with Crippen LogP contribution in [0.5, 0.6) is 0 Å². The summed E-state index contributed by atoms with van der Waals surface area (Å²) < 4.78 is 26.7. The van der Waals surface area contributed by atoms with Crippen LogP contribution in [0.2, 0.25) is 0 Å². The largest absolute Gasteiger partial charge is 0.353 e. The van der Waals surface area contributed by atoms with Gasteiger partial charge in [-0.05, 0) is 67.3 Å². The molecule has 2 amide bonds. The first-order valence-electron chi connectivity index (χ1n) is 12.2. The molecule has 0 heterocycles. The topological polar surface area (TPSA) is 58.2 Å². The Hall–Kier alpha value is -3.80. The molecule has 0 fully saturated rings. The van der Waals surface area contributed by atoms with Crippen LogP contribution in [0.3, 0.4) is 0 Å². The molecular formula is C30H32F2N2O2. The van der Waals surface area contributed by atoms with E-state index in [4.69, 9.17) is 0 Å². The highest BCUT2D eigenvalue weighted by Crippen LogP contribution is 2.30. The van der Waals surface area contributed by atoms with Crippen LogP contribution in [-0.2, 0) is 4.79 Å². The number of benzene rings is 3. The maximum Gasteiger partial charge on any atom is 0.251 e. The van der Waals surface area contributed by atoms with Gasteiger partial charge in [-0.15, -0.1) is 0 Å². The molecule has 0 atom stereocenters. The average molecular weight is 491 g/mol. The smallest absolute Gasteiger partial charge is 0.251 e. The fraction of sp³-hybridized carbons (Fsp3) is 0.267. The number of rotatable bonds is 12. The Morgan fingerprint density at radius 1 is 0.750 bits per heavy atom. The van der Waals surface area contributed by atoms with Crippen LogP contribution in [0.15, 0.2) is 84.9 Å². The normalized spacial score (nSPS) is 11.1. The molecule has 3 aromatic rings. The number of carbonyl (C=O) groups is 2. The van der Waals surface area contributed by atoms with E-state index in [1.54, 1.807) is 36.4 Å². The van der Waals surface area contributed by atoms with Crippen molar-refractivity contribution in [1.29, 1.82) is 0 Å². The molecule has 2 N–H and O–H groups in total. The maximum atomic E-state index is 13.4. The number of carbonyl (C=O) groups excluding carboxylic acids is 2. The molecule has 0 aliphatic rings. The molecule has 188 valence electrons. The maximum absolute atomic E-state index is 13.4. The molecule has 0 aliphatic heterocycles. The van der Waals surface area contributed by atoms with E-state index in [1.165, 1.54) is 24.3 Å². The summed E-state index contributed by atoms with van der Waals surface area (Å²) in [6.07, 6.45) is 6.30. The Labute approximate surface area is 211 Å². The number of nitrogens with one attached hydrogen (secondary N) is 2. The molecule has 36 heavy (non-hydrogen) atoms. The van der Waals surface area contributed by atoms with Crippen LogP contribution < -0.4 is 10.6 Å². The lowest BCUT2D eigenvalue weighted by molar-refractivity contribution is -0.121. The lowest BCUT2D eigenvalue weighted by Gasteiger charge is -2.18. The number of halogens is 2. The van der Waals surface area contributed by atoms with Crippen molar-refractivity contribution in [2.24, 2.45) is 0 Å². The molecule has 0 radical (unpaired) electrons. The van der Waals surface area contributed by atoms with Crippen LogP contribution in [0.1, 0.15) is 58.6 Å². The lowest BCUT2D eigenvalue weighted by atomic mass is 9.87. The van der Waals surface area contributed by atoms with Gasteiger partial charge < -0.3 is 10.6 Å². The molecule has 0 unspecified atom stereocenters. The van der Waals surface area contributed by atoms with E-state index in [-0.39, 0.29) is 29.4 Å². The first-order valence-corrected chi connectivity index (χ1v) is 12.2. The fourth-order valence-corrected chi connectivity index (χ4v) is 3.94. The molecule has 4 nitrogen and oxygen atoms in total. The summed E-state index contributed by atoms with van der Waals surface area (Å²) in [5.74, 6) is -0.758. The van der Waals surface area contributed by atoms with Crippen LogP contribution in [0, 0.1) is 18.6 Å². The molecule has 3 rings (SSSR count). The second-order valence-electron chi connectivity index (χ2n) is 8.75. The summed E-state index contributed by atoms with van der Waals surface area (Å²) in [4.78, 5) is 24.2. The number of unbranched alkanes of at least 4 members (excludes halogenated alkanes) is 1. The first kappa shape index (κ1) is 26.8. The molecule has 0 spiro atoms. The molecule has 0 saturated heterocycles. The van der Waals surface area contributed by atoms with Crippen molar-refractivity contribution in [3.8, 4) is 0 Å². The van der Waals surface area contributed by atoms with E-state index >= 15 is 0 Å². The summed E-state index contributed by atoms with van der Waals surface area (Å²) in [5, 5.41) is 5.66. The molecule has 3 aromatic carbocycles. The zero-order valence-corrected chi connectivity index (χ0v) is 20.5. The first-order chi connectivity index (χ1) is 17.4. The van der Waals surface area contributed by atoms with Crippen LogP contribution in [-0.4, -0.2) is 24.9 Å². The second-order valence-corrected chi connectivity index (χ2v) is 8.75. The van der Waals surface area contributed by atoms with Crippen molar-refractivity contribution < 1.29 is 18.4 Å². The van der Waals surface area contributed by atoms with Crippen molar-refractivity contribution in [1.82, 2.24) is 10.6 Å². The zero-order chi connectivity index (χ0) is 25.8. The van der Waals surface area contributed by atoms with Crippen LogP contribution >= 0.6 is 0 Å². The summed E-state index contributed by atoms with van der Waals surface area (Å²) in [6.45, 7) is 2.75. The number of hydrogen-bond acceptors (Lipinski definition) is 2. The molecule has 0 aliphatic carbocycles. The third kappa shape index (κ3) is 8.77. The van der Waals surface area contributed by atoms with Gasteiger partial charge >= 0.3 is 0 Å². The lowest BCUT2D eigenvalue weighted by Crippen LogP contribution is -2.24. The highest BCUT2D eigenvalue weighted by molar-refractivity contribution is 5.94. The highest BCUT2D eigenvalue weighted by atomic mass is 19.1. The zero-order valence-electron chi connectivity index (χ0n) is 20.5. The minimum Gasteiger partial charge on any atom is -0.353 e. The molecule has 6 heteroatoms. The fourth-order valence-electron chi connectivity index (χ4n) is 3.94. The Kier molecular flexibility index (Phi) is 10.4. The Morgan fingerprint density at radius 3 is 1.83 bits per heavy atom. The third-order valence-electron chi connectivity index (χ3n) is 5.97. The van der Waals surface area contributed by atoms with E-state index in [0.717, 1.165) is 29.5 Å². The molecule has 0 saturated carbocycles. The molecule has 0 bridgehead atoms. The van der Waals surface area contributed by atoms with E-state index in [2.05, 4.69) is 10.6 Å². The van der Waals surface area contributed by atoms with Gasteiger partial charge in [-0.1, -0.05) is 60.5 Å². The average Bonchev–Trinajstić information content (AvgIpc) is 2.88. The Bertz CT molecular complexity index is 1100. The van der Waals surface area contributed by atoms with E-state index in [1.807, 2.05) is 31.2 Å². The van der Waals surface area contributed by atoms with Crippen molar-refractivity contribution in [3.05, 3.63) is 119 Å². The number of amides is 2. The summed E-state index contributed by atoms with van der Waals surface area (Å²) >= 11 is 0. The third-order valence-corrected chi connectivity index (χ3v) is 5.97. The van der Waals surface area contributed by atoms with Gasteiger partial charge in [0.2, 0.25) is 5.91 Å². The summed E-state index contributed by atoms with van der Waals surface area (Å²) in [5.41, 5.74) is 3.64. The predicted molar refractivity (Wildman–Crippen MR) is 139 cm³/mol. The monoisotopic (exact) mass is 490 g/mol. The minimum atomic E-state index is -0.295. The molecule has 0 aromatic heterocycles. The van der Waals surface area contributed by atoms with Gasteiger partial charge in [0.1, 0.15) is 11.6 Å². The molecular weight excluding hydrogens is 458 g/mol. The van der Waals surface area contributed by atoms with Gasteiger partial charge in [-0.3, -0.25) is 9.59 Å². The summed E-state index contributed by atoms with van der Waals surface area (Å²) in [7, 11) is 0. The highest BCUT2D eigenvalue weighted by Gasteiger charge is 2.15. The van der Waals surface area contributed by atoms with Gasteiger partial charge in [0, 0.05) is 31.0 Å². The minimum absolute atomic E-state index is 0.00677. The van der Waals surface area contributed by atoms with Crippen molar-refractivity contribution in [2.45, 2.75) is 38.5 Å². The second kappa shape index (κ2) is 13.9. The van der Waals surface area contributed by atoms with E-state index in [9.17, 15) is 18.4 Å². The van der Waals surface area contributed by atoms with Crippen LogP contribution in [0.4, 0.5) is 8.78 Å². The predicted octanol–water partition coefficient (Wildman–Crippen LogP) is 6.07. The Balaban J connectivity index is 1.36. The summed E-state index contributed by atoms with van der Waals surface area (Å²) in [6, 6.07) is 20.1. The number of hydrogen-bond donors (Lipinski definition) is 2. The van der Waals surface area contributed by atoms with Gasteiger partial charge in [-0.25, -0.2) is 8.78 Å².